The normalized spacial score (nSPS) is 12.5. The Bertz CT molecular complexity index is 670. The van der Waals surface area contributed by atoms with Gasteiger partial charge in [0.05, 0.1) is 17.4 Å². The molecule has 0 fully saturated rings. The average molecular weight is 291 g/mol. The highest BCUT2D eigenvalue weighted by molar-refractivity contribution is 5.96. The van der Waals surface area contributed by atoms with E-state index in [0.717, 1.165) is 11.5 Å². The maximum absolute atomic E-state index is 12.2. The summed E-state index contributed by atoms with van der Waals surface area (Å²) in [6.45, 7) is 7.39. The molecule has 6 nitrogen and oxygen atoms in total. The number of hydrogen-bond acceptors (Lipinski definition) is 4. The van der Waals surface area contributed by atoms with Gasteiger partial charge in [-0.25, -0.2) is 0 Å². The van der Waals surface area contributed by atoms with Crippen LogP contribution in [-0.4, -0.2) is 27.3 Å². The largest absolute Gasteiger partial charge is 0.466 e. The predicted molar refractivity (Wildman–Crippen MR) is 78.2 cm³/mol. The quantitative estimate of drug-likeness (QED) is 0.898. The van der Waals surface area contributed by atoms with Crippen molar-refractivity contribution in [2.45, 2.75) is 33.8 Å². The molecule has 0 spiro atoms. The Morgan fingerprint density at radius 2 is 2.10 bits per heavy atom. The Morgan fingerprint density at radius 3 is 2.57 bits per heavy atom. The highest BCUT2D eigenvalue weighted by Crippen LogP contribution is 2.21. The minimum absolute atomic E-state index is 0.131. The van der Waals surface area contributed by atoms with E-state index in [9.17, 15) is 9.90 Å². The number of aromatic nitrogens is 2. The van der Waals surface area contributed by atoms with Crippen LogP contribution in [0.4, 0.5) is 0 Å². The third-order valence-electron chi connectivity index (χ3n) is 3.63. The van der Waals surface area contributed by atoms with Crippen LogP contribution in [-0.2, 0) is 7.05 Å². The molecule has 2 aromatic heterocycles. The number of furan rings is 1. The molecule has 21 heavy (non-hydrogen) atoms. The van der Waals surface area contributed by atoms with Gasteiger partial charge < -0.3 is 14.8 Å². The van der Waals surface area contributed by atoms with Gasteiger partial charge >= 0.3 is 0 Å². The molecular formula is C15H21N3O3. The lowest BCUT2D eigenvalue weighted by Gasteiger charge is -2.11. The van der Waals surface area contributed by atoms with Gasteiger partial charge in [-0.3, -0.25) is 9.48 Å². The third kappa shape index (κ3) is 3.00. The summed E-state index contributed by atoms with van der Waals surface area (Å²) in [5.74, 6) is 1.19. The van der Waals surface area contributed by atoms with E-state index in [1.54, 1.807) is 31.6 Å². The summed E-state index contributed by atoms with van der Waals surface area (Å²) in [6.07, 6.45) is -0.788. The molecule has 0 aliphatic heterocycles. The summed E-state index contributed by atoms with van der Waals surface area (Å²) >= 11 is 0. The van der Waals surface area contributed by atoms with Crippen LogP contribution in [0.1, 0.15) is 44.9 Å². The highest BCUT2D eigenvalue weighted by Gasteiger charge is 2.20. The van der Waals surface area contributed by atoms with Gasteiger partial charge in [-0.2, -0.15) is 5.10 Å². The SMILES string of the molecule is Cc1cc(C(O)CNC(=O)c2c(C)nn(C)c2C)c(C)o1. The molecule has 0 saturated heterocycles. The molecule has 1 unspecified atom stereocenters. The molecule has 114 valence electrons. The molecule has 0 aliphatic rings. The number of carbonyl (C=O) groups is 1. The van der Waals surface area contributed by atoms with Crippen molar-refractivity contribution in [3.63, 3.8) is 0 Å². The fourth-order valence-electron chi connectivity index (χ4n) is 2.47. The molecule has 2 rings (SSSR count). The summed E-state index contributed by atoms with van der Waals surface area (Å²) in [4.78, 5) is 12.2. The second kappa shape index (κ2) is 5.73. The Kier molecular flexibility index (Phi) is 4.18. The second-order valence-corrected chi connectivity index (χ2v) is 5.26. The van der Waals surface area contributed by atoms with Crippen molar-refractivity contribution in [2.24, 2.45) is 7.05 Å². The van der Waals surface area contributed by atoms with Crippen LogP contribution < -0.4 is 5.32 Å². The monoisotopic (exact) mass is 291 g/mol. The lowest BCUT2D eigenvalue weighted by molar-refractivity contribution is 0.0914. The van der Waals surface area contributed by atoms with Crippen LogP contribution in [0.5, 0.6) is 0 Å². The van der Waals surface area contributed by atoms with Crippen LogP contribution in [0, 0.1) is 27.7 Å². The number of nitrogens with one attached hydrogen (secondary N) is 1. The molecule has 6 heteroatoms. The van der Waals surface area contributed by atoms with Gasteiger partial charge in [0.15, 0.2) is 0 Å². The van der Waals surface area contributed by atoms with Gasteiger partial charge in [-0.15, -0.1) is 0 Å². The van der Waals surface area contributed by atoms with Crippen molar-refractivity contribution in [2.75, 3.05) is 6.54 Å². The number of aryl methyl sites for hydroxylation is 4. The first-order chi connectivity index (χ1) is 9.81. The molecule has 2 heterocycles. The van der Waals surface area contributed by atoms with Gasteiger partial charge in [-0.1, -0.05) is 0 Å². The van der Waals surface area contributed by atoms with E-state index in [2.05, 4.69) is 10.4 Å². The fraction of sp³-hybridized carbons (Fsp3) is 0.467. The molecule has 0 radical (unpaired) electrons. The molecule has 0 saturated carbocycles. The predicted octanol–water partition coefficient (Wildman–Crippen LogP) is 1.71. The van der Waals surface area contributed by atoms with E-state index < -0.39 is 6.10 Å². The number of aliphatic hydroxyl groups excluding tert-OH is 1. The van der Waals surface area contributed by atoms with Crippen molar-refractivity contribution >= 4 is 5.91 Å². The van der Waals surface area contributed by atoms with Crippen LogP contribution >= 0.6 is 0 Å². The van der Waals surface area contributed by atoms with Crippen molar-refractivity contribution in [3.05, 3.63) is 40.1 Å². The highest BCUT2D eigenvalue weighted by atomic mass is 16.3. The molecule has 0 bridgehead atoms. The van der Waals surface area contributed by atoms with Crippen molar-refractivity contribution in [3.8, 4) is 0 Å². The molecule has 0 aliphatic carbocycles. The Hall–Kier alpha value is -2.08. The first-order valence-electron chi connectivity index (χ1n) is 6.84. The van der Waals surface area contributed by atoms with E-state index in [1.807, 2.05) is 13.8 Å². The summed E-state index contributed by atoms with van der Waals surface area (Å²) in [7, 11) is 1.80. The van der Waals surface area contributed by atoms with Gasteiger partial charge in [0.25, 0.3) is 5.91 Å². The second-order valence-electron chi connectivity index (χ2n) is 5.26. The number of rotatable bonds is 4. The number of aliphatic hydroxyl groups is 1. The number of nitrogens with zero attached hydrogens (tertiary/aromatic N) is 2. The standard InChI is InChI=1S/C15H21N3O3/c1-8-6-12(11(4)21-8)13(19)7-16-15(20)14-9(2)17-18(5)10(14)3/h6,13,19H,7H2,1-5H3,(H,16,20). The van der Waals surface area contributed by atoms with Gasteiger partial charge in [-0.05, 0) is 33.8 Å². The first kappa shape index (κ1) is 15.3. The van der Waals surface area contributed by atoms with E-state index >= 15 is 0 Å². The zero-order chi connectivity index (χ0) is 15.7. The van der Waals surface area contributed by atoms with Crippen molar-refractivity contribution in [1.29, 1.82) is 0 Å². The minimum Gasteiger partial charge on any atom is -0.466 e. The van der Waals surface area contributed by atoms with Gasteiger partial charge in [0, 0.05) is 24.8 Å². The number of amides is 1. The van der Waals surface area contributed by atoms with Gasteiger partial charge in [0.1, 0.15) is 11.5 Å². The molecule has 0 aromatic carbocycles. The van der Waals surface area contributed by atoms with Crippen LogP contribution in [0.2, 0.25) is 0 Å². The molecule has 2 aromatic rings. The lowest BCUT2D eigenvalue weighted by atomic mass is 10.1. The number of hydrogen-bond donors (Lipinski definition) is 2. The summed E-state index contributed by atoms with van der Waals surface area (Å²) < 4.78 is 7.05. The minimum atomic E-state index is -0.788. The van der Waals surface area contributed by atoms with Gasteiger partial charge in [0.2, 0.25) is 0 Å². The van der Waals surface area contributed by atoms with E-state index in [0.29, 0.717) is 22.6 Å². The topological polar surface area (TPSA) is 80.3 Å². The average Bonchev–Trinajstić information content (AvgIpc) is 2.86. The first-order valence-corrected chi connectivity index (χ1v) is 6.84. The van der Waals surface area contributed by atoms with Crippen LogP contribution in [0.3, 0.4) is 0 Å². The number of carbonyl (C=O) groups excluding carboxylic acids is 1. The maximum Gasteiger partial charge on any atom is 0.255 e. The van der Waals surface area contributed by atoms with E-state index in [1.165, 1.54) is 0 Å². The molecule has 1 atom stereocenters. The molecule has 2 N–H and O–H groups in total. The molecule has 1 amide bonds. The van der Waals surface area contributed by atoms with Crippen molar-refractivity contribution in [1.82, 2.24) is 15.1 Å². The lowest BCUT2D eigenvalue weighted by Crippen LogP contribution is -2.29. The van der Waals surface area contributed by atoms with E-state index in [4.69, 9.17) is 4.42 Å². The summed E-state index contributed by atoms with van der Waals surface area (Å²) in [5.41, 5.74) is 2.74. The summed E-state index contributed by atoms with van der Waals surface area (Å²) in [5, 5.41) is 17.1. The Labute approximate surface area is 123 Å². The Morgan fingerprint density at radius 1 is 1.43 bits per heavy atom. The fourth-order valence-corrected chi connectivity index (χ4v) is 2.47. The smallest absolute Gasteiger partial charge is 0.255 e. The zero-order valence-corrected chi connectivity index (χ0v) is 13.0. The maximum atomic E-state index is 12.2. The zero-order valence-electron chi connectivity index (χ0n) is 13.0. The molecular weight excluding hydrogens is 270 g/mol. The van der Waals surface area contributed by atoms with Crippen molar-refractivity contribution < 1.29 is 14.3 Å². The van der Waals surface area contributed by atoms with Crippen LogP contribution in [0.25, 0.3) is 0 Å². The Balaban J connectivity index is 2.06. The van der Waals surface area contributed by atoms with Crippen LogP contribution in [0.15, 0.2) is 10.5 Å². The third-order valence-corrected chi connectivity index (χ3v) is 3.63. The van der Waals surface area contributed by atoms with E-state index in [-0.39, 0.29) is 12.5 Å². The summed E-state index contributed by atoms with van der Waals surface area (Å²) in [6, 6.07) is 1.78.